The zero-order valence-electron chi connectivity index (χ0n) is 14.7. The van der Waals surface area contributed by atoms with Crippen molar-refractivity contribution in [2.24, 2.45) is 0 Å². The second-order valence-corrected chi connectivity index (χ2v) is 5.94. The van der Waals surface area contributed by atoms with Crippen LogP contribution in [0.15, 0.2) is 48.5 Å². The van der Waals surface area contributed by atoms with Crippen molar-refractivity contribution in [1.29, 1.82) is 0 Å². The van der Waals surface area contributed by atoms with Crippen LogP contribution in [-0.2, 0) is 9.59 Å². The van der Waals surface area contributed by atoms with Crippen molar-refractivity contribution < 1.29 is 14.3 Å². The van der Waals surface area contributed by atoms with E-state index in [1.54, 1.807) is 31.2 Å². The van der Waals surface area contributed by atoms with E-state index in [1.165, 1.54) is 0 Å². The maximum Gasteiger partial charge on any atom is 0.262 e. The monoisotopic (exact) mass is 371 g/mol. The molecule has 0 aliphatic rings. The van der Waals surface area contributed by atoms with Gasteiger partial charge < -0.3 is 20.7 Å². The fraction of sp³-hybridized carbons (Fsp3) is 0.211. The number of para-hydroxylation sites is 1. The molecule has 0 saturated heterocycles. The molecule has 0 aromatic heterocycles. The third kappa shape index (κ3) is 6.18. The van der Waals surface area contributed by atoms with Crippen LogP contribution in [0, 0.1) is 6.92 Å². The van der Waals surface area contributed by atoms with Crippen molar-refractivity contribution in [3.05, 3.63) is 54.1 Å². The van der Waals surface area contributed by atoms with E-state index in [4.69, 9.17) is 17.0 Å². The van der Waals surface area contributed by atoms with Crippen LogP contribution in [0.4, 0.5) is 11.4 Å². The molecule has 0 aliphatic carbocycles. The molecule has 0 spiro atoms. The zero-order valence-corrected chi connectivity index (χ0v) is 15.5. The van der Waals surface area contributed by atoms with Crippen molar-refractivity contribution in [2.75, 3.05) is 17.2 Å². The Morgan fingerprint density at radius 3 is 2.19 bits per heavy atom. The van der Waals surface area contributed by atoms with Gasteiger partial charge in [0.25, 0.3) is 5.91 Å². The smallest absolute Gasteiger partial charge is 0.262 e. The molecule has 26 heavy (non-hydrogen) atoms. The Hall–Kier alpha value is -2.93. The summed E-state index contributed by atoms with van der Waals surface area (Å²) in [5.74, 6) is 0.282. The number of thiocarbonyl (C=S) groups is 1. The van der Waals surface area contributed by atoms with Gasteiger partial charge in [0.05, 0.1) is 0 Å². The van der Waals surface area contributed by atoms with Gasteiger partial charge in [-0.1, -0.05) is 25.1 Å². The molecule has 0 radical (unpaired) electrons. The van der Waals surface area contributed by atoms with Crippen LogP contribution < -0.4 is 20.7 Å². The van der Waals surface area contributed by atoms with Crippen LogP contribution in [0.2, 0.25) is 0 Å². The van der Waals surface area contributed by atoms with E-state index in [9.17, 15) is 9.59 Å². The lowest BCUT2D eigenvalue weighted by atomic mass is 10.2. The zero-order chi connectivity index (χ0) is 18.9. The number of amides is 2. The number of carbonyl (C=O) groups is 2. The number of carbonyl (C=O) groups excluding carboxylic acids is 2. The number of rotatable bonds is 6. The minimum absolute atomic E-state index is 0.0714. The number of hydrogen-bond acceptors (Lipinski definition) is 4. The van der Waals surface area contributed by atoms with Gasteiger partial charge in [-0.25, -0.2) is 0 Å². The third-order valence-corrected chi connectivity index (χ3v) is 3.66. The number of anilines is 2. The molecule has 0 aliphatic heterocycles. The van der Waals surface area contributed by atoms with E-state index < -0.39 is 0 Å². The number of aryl methyl sites for hydroxylation is 1. The SMILES string of the molecule is CCC(=O)NC(=S)Nc1ccc(NC(=O)COc2ccccc2C)cc1. The van der Waals surface area contributed by atoms with Gasteiger partial charge in [-0.2, -0.15) is 0 Å². The fourth-order valence-electron chi connectivity index (χ4n) is 2.07. The van der Waals surface area contributed by atoms with Gasteiger partial charge in [0.2, 0.25) is 5.91 Å². The Bertz CT molecular complexity index is 791. The van der Waals surface area contributed by atoms with Crippen molar-refractivity contribution in [2.45, 2.75) is 20.3 Å². The predicted octanol–water partition coefficient (Wildman–Crippen LogP) is 3.24. The summed E-state index contributed by atoms with van der Waals surface area (Å²) in [6.07, 6.45) is 0.358. The first-order valence-electron chi connectivity index (χ1n) is 8.17. The van der Waals surface area contributed by atoms with Crippen LogP contribution >= 0.6 is 12.2 Å². The van der Waals surface area contributed by atoms with E-state index in [0.29, 0.717) is 23.5 Å². The summed E-state index contributed by atoms with van der Waals surface area (Å²) in [6.45, 7) is 3.60. The molecule has 0 fully saturated rings. The summed E-state index contributed by atoms with van der Waals surface area (Å²) in [6, 6.07) is 14.5. The van der Waals surface area contributed by atoms with E-state index in [1.807, 2.05) is 31.2 Å². The summed E-state index contributed by atoms with van der Waals surface area (Å²) in [4.78, 5) is 23.3. The molecule has 2 amide bonds. The van der Waals surface area contributed by atoms with Crippen LogP contribution in [0.3, 0.4) is 0 Å². The van der Waals surface area contributed by atoms with Gasteiger partial charge in [-0.05, 0) is 55.0 Å². The molecule has 136 valence electrons. The Balaban J connectivity index is 1.82. The van der Waals surface area contributed by atoms with E-state index >= 15 is 0 Å². The molecule has 2 aromatic rings. The third-order valence-electron chi connectivity index (χ3n) is 3.45. The van der Waals surface area contributed by atoms with E-state index in [-0.39, 0.29) is 23.5 Å². The second kappa shape index (κ2) is 9.53. The number of ether oxygens (including phenoxy) is 1. The Labute approximate surface area is 157 Å². The number of hydrogen-bond donors (Lipinski definition) is 3. The molecule has 0 atom stereocenters. The van der Waals surface area contributed by atoms with Gasteiger partial charge in [0.1, 0.15) is 5.75 Å². The molecule has 3 N–H and O–H groups in total. The molecule has 0 saturated carbocycles. The molecule has 0 heterocycles. The summed E-state index contributed by atoms with van der Waals surface area (Å²) >= 11 is 5.04. The Kier molecular flexibility index (Phi) is 7.11. The standard InChI is InChI=1S/C19H21N3O3S/c1-3-17(23)22-19(26)21-15-10-8-14(9-11-15)20-18(24)12-25-16-7-5-4-6-13(16)2/h4-11H,3,12H2,1-2H3,(H,20,24)(H2,21,22,23,26). The van der Waals surface area contributed by atoms with Crippen LogP contribution in [0.1, 0.15) is 18.9 Å². The first-order chi connectivity index (χ1) is 12.5. The number of nitrogens with one attached hydrogen (secondary N) is 3. The number of benzene rings is 2. The lowest BCUT2D eigenvalue weighted by Gasteiger charge is -2.11. The first-order valence-corrected chi connectivity index (χ1v) is 8.58. The molecule has 0 unspecified atom stereocenters. The summed E-state index contributed by atoms with van der Waals surface area (Å²) in [5, 5.41) is 8.46. The molecule has 2 aromatic carbocycles. The predicted molar refractivity (Wildman–Crippen MR) is 106 cm³/mol. The lowest BCUT2D eigenvalue weighted by Crippen LogP contribution is -2.33. The molecule has 6 nitrogen and oxygen atoms in total. The molecule has 7 heteroatoms. The lowest BCUT2D eigenvalue weighted by molar-refractivity contribution is -0.119. The van der Waals surface area contributed by atoms with Crippen LogP contribution in [0.5, 0.6) is 5.75 Å². The molecular formula is C19H21N3O3S. The molecule has 0 bridgehead atoms. The van der Waals surface area contributed by atoms with Gasteiger partial charge >= 0.3 is 0 Å². The van der Waals surface area contributed by atoms with Crippen molar-refractivity contribution in [3.8, 4) is 5.75 Å². The molecular weight excluding hydrogens is 350 g/mol. The van der Waals surface area contributed by atoms with Crippen LogP contribution in [-0.4, -0.2) is 23.5 Å². The van der Waals surface area contributed by atoms with E-state index in [2.05, 4.69) is 16.0 Å². The van der Waals surface area contributed by atoms with Crippen molar-refractivity contribution in [3.63, 3.8) is 0 Å². The average Bonchev–Trinajstić information content (AvgIpc) is 2.62. The highest BCUT2D eigenvalue weighted by Crippen LogP contribution is 2.17. The minimum atomic E-state index is -0.250. The van der Waals surface area contributed by atoms with Gasteiger partial charge in [0.15, 0.2) is 11.7 Å². The van der Waals surface area contributed by atoms with E-state index in [0.717, 1.165) is 5.56 Å². The summed E-state index contributed by atoms with van der Waals surface area (Å²) < 4.78 is 5.51. The largest absolute Gasteiger partial charge is 0.483 e. The van der Waals surface area contributed by atoms with Crippen molar-refractivity contribution >= 4 is 40.5 Å². The topological polar surface area (TPSA) is 79.5 Å². The average molecular weight is 371 g/mol. The maximum atomic E-state index is 12.0. The van der Waals surface area contributed by atoms with Gasteiger partial charge in [-0.3, -0.25) is 9.59 Å². The second-order valence-electron chi connectivity index (χ2n) is 5.54. The van der Waals surface area contributed by atoms with Gasteiger partial charge in [0, 0.05) is 17.8 Å². The normalized spacial score (nSPS) is 9.92. The first kappa shape index (κ1) is 19.4. The highest BCUT2D eigenvalue weighted by molar-refractivity contribution is 7.80. The summed E-state index contributed by atoms with van der Waals surface area (Å²) in [7, 11) is 0. The molecule has 2 rings (SSSR count). The maximum absolute atomic E-state index is 12.0. The Morgan fingerprint density at radius 1 is 0.962 bits per heavy atom. The van der Waals surface area contributed by atoms with Crippen LogP contribution in [0.25, 0.3) is 0 Å². The quantitative estimate of drug-likeness (QED) is 0.680. The Morgan fingerprint density at radius 2 is 1.58 bits per heavy atom. The highest BCUT2D eigenvalue weighted by atomic mass is 32.1. The highest BCUT2D eigenvalue weighted by Gasteiger charge is 2.06. The minimum Gasteiger partial charge on any atom is -0.483 e. The van der Waals surface area contributed by atoms with Crippen molar-refractivity contribution in [1.82, 2.24) is 5.32 Å². The van der Waals surface area contributed by atoms with Gasteiger partial charge in [-0.15, -0.1) is 0 Å². The summed E-state index contributed by atoms with van der Waals surface area (Å²) in [5.41, 5.74) is 2.32. The fourth-order valence-corrected chi connectivity index (χ4v) is 2.30.